The molecule has 0 spiro atoms. The lowest BCUT2D eigenvalue weighted by molar-refractivity contribution is 0.0790. The smallest absolute Gasteiger partial charge is 0.253 e. The highest BCUT2D eigenvalue weighted by Crippen LogP contribution is 2.28. The van der Waals surface area contributed by atoms with Gasteiger partial charge in [0.1, 0.15) is 5.82 Å². The summed E-state index contributed by atoms with van der Waals surface area (Å²) in [6, 6.07) is 12.4. The first-order valence-electron chi connectivity index (χ1n) is 9.24. The molecule has 1 N–H and O–H groups in total. The Morgan fingerprint density at radius 3 is 2.43 bits per heavy atom. The van der Waals surface area contributed by atoms with Crippen LogP contribution in [0.15, 0.2) is 53.4 Å². The first-order valence-corrected chi connectivity index (χ1v) is 10.7. The fourth-order valence-corrected chi connectivity index (χ4v) is 4.82. The maximum Gasteiger partial charge on any atom is 0.253 e. The molecule has 1 atom stereocenters. The van der Waals surface area contributed by atoms with Crippen molar-refractivity contribution in [3.05, 3.63) is 65.5 Å². The molecule has 0 bridgehead atoms. The van der Waals surface area contributed by atoms with Crippen molar-refractivity contribution >= 4 is 15.9 Å². The molecule has 1 amide bonds. The van der Waals surface area contributed by atoms with Crippen molar-refractivity contribution in [3.8, 4) is 0 Å². The van der Waals surface area contributed by atoms with Crippen molar-refractivity contribution in [2.45, 2.75) is 43.5 Å². The summed E-state index contributed by atoms with van der Waals surface area (Å²) < 4.78 is 40.8. The lowest BCUT2D eigenvalue weighted by Crippen LogP contribution is -2.40. The molecule has 2 aromatic rings. The number of hydrogen-bond donors (Lipinski definition) is 1. The monoisotopic (exact) mass is 404 g/mol. The highest BCUT2D eigenvalue weighted by Gasteiger charge is 2.28. The van der Waals surface area contributed by atoms with Crippen molar-refractivity contribution < 1.29 is 17.6 Å². The summed E-state index contributed by atoms with van der Waals surface area (Å²) in [5.41, 5.74) is 0.744. The van der Waals surface area contributed by atoms with Gasteiger partial charge in [-0.2, -0.15) is 0 Å². The summed E-state index contributed by atoms with van der Waals surface area (Å²) in [7, 11) is -3.64. The second kappa shape index (κ2) is 7.64. The van der Waals surface area contributed by atoms with Gasteiger partial charge < -0.3 is 4.90 Å². The standard InChI is InChI=1S/C21H25FN2O3S/c1-21(2,3)23-28(26,27)19-9-7-15(8-10-19)20(25)24-12-11-17(14-24)16-5-4-6-18(22)13-16/h4-10,13,17,23H,11-12,14H2,1-3H3/t17-/m0/s1. The molecule has 5 nitrogen and oxygen atoms in total. The Kier molecular flexibility index (Phi) is 5.59. The number of carbonyl (C=O) groups excluding carboxylic acids is 1. The minimum atomic E-state index is -3.64. The molecular weight excluding hydrogens is 379 g/mol. The molecule has 1 fully saturated rings. The summed E-state index contributed by atoms with van der Waals surface area (Å²) in [5.74, 6) is -0.315. The Hall–Kier alpha value is -2.25. The maximum atomic E-state index is 13.4. The zero-order valence-electron chi connectivity index (χ0n) is 16.3. The highest BCUT2D eigenvalue weighted by atomic mass is 32.2. The van der Waals surface area contributed by atoms with Gasteiger partial charge in [0, 0.05) is 30.1 Å². The second-order valence-electron chi connectivity index (χ2n) is 8.17. The van der Waals surface area contributed by atoms with E-state index in [1.165, 1.54) is 36.4 Å². The molecule has 28 heavy (non-hydrogen) atoms. The molecule has 1 saturated heterocycles. The molecule has 1 aliphatic heterocycles. The van der Waals surface area contributed by atoms with E-state index in [9.17, 15) is 17.6 Å². The number of likely N-dealkylation sites (tertiary alicyclic amines) is 1. The molecule has 7 heteroatoms. The minimum Gasteiger partial charge on any atom is -0.338 e. The van der Waals surface area contributed by atoms with Crippen LogP contribution < -0.4 is 4.72 Å². The summed E-state index contributed by atoms with van der Waals surface area (Å²) in [6.07, 6.45) is 0.775. The largest absolute Gasteiger partial charge is 0.338 e. The van der Waals surface area contributed by atoms with Gasteiger partial charge in [0.05, 0.1) is 4.90 Å². The zero-order valence-corrected chi connectivity index (χ0v) is 17.1. The van der Waals surface area contributed by atoms with Gasteiger partial charge in [-0.3, -0.25) is 4.79 Å². The second-order valence-corrected chi connectivity index (χ2v) is 9.85. The number of hydrogen-bond acceptors (Lipinski definition) is 3. The Morgan fingerprint density at radius 1 is 1.14 bits per heavy atom. The number of nitrogens with one attached hydrogen (secondary N) is 1. The molecule has 0 unspecified atom stereocenters. The first kappa shape index (κ1) is 20.5. The predicted molar refractivity (Wildman–Crippen MR) is 106 cm³/mol. The average molecular weight is 405 g/mol. The van der Waals surface area contributed by atoms with Gasteiger partial charge in [-0.05, 0) is 69.2 Å². The van der Waals surface area contributed by atoms with Crippen molar-refractivity contribution in [1.82, 2.24) is 9.62 Å². The molecule has 1 heterocycles. The topological polar surface area (TPSA) is 66.5 Å². The Balaban J connectivity index is 1.70. The van der Waals surface area contributed by atoms with Crippen LogP contribution in [0, 0.1) is 5.82 Å². The van der Waals surface area contributed by atoms with Crippen molar-refractivity contribution in [2.75, 3.05) is 13.1 Å². The third kappa shape index (κ3) is 4.77. The van der Waals surface area contributed by atoms with Crippen molar-refractivity contribution in [1.29, 1.82) is 0 Å². The SMILES string of the molecule is CC(C)(C)NS(=O)(=O)c1ccc(C(=O)N2CC[C@H](c3cccc(F)c3)C2)cc1. The molecule has 0 radical (unpaired) electrons. The Labute approximate surface area is 165 Å². The molecule has 0 saturated carbocycles. The molecule has 1 aliphatic rings. The number of sulfonamides is 1. The summed E-state index contributed by atoms with van der Waals surface area (Å²) in [6.45, 7) is 6.42. The molecule has 0 aromatic heterocycles. The quantitative estimate of drug-likeness (QED) is 0.848. The van der Waals surface area contributed by atoms with Gasteiger partial charge in [0.2, 0.25) is 10.0 Å². The van der Waals surface area contributed by atoms with Crippen LogP contribution in [-0.4, -0.2) is 37.9 Å². The van der Waals surface area contributed by atoms with Gasteiger partial charge in [-0.1, -0.05) is 12.1 Å². The van der Waals surface area contributed by atoms with Crippen LogP contribution in [0.2, 0.25) is 0 Å². The van der Waals surface area contributed by atoms with Crippen molar-refractivity contribution in [2.24, 2.45) is 0 Å². The van der Waals surface area contributed by atoms with Gasteiger partial charge in [0.25, 0.3) is 5.91 Å². The Morgan fingerprint density at radius 2 is 1.82 bits per heavy atom. The normalized spacial score (nSPS) is 17.7. The third-order valence-corrected chi connectivity index (χ3v) is 6.42. The molecule has 2 aromatic carbocycles. The Bertz CT molecular complexity index is 966. The number of nitrogens with zero attached hydrogens (tertiary/aromatic N) is 1. The minimum absolute atomic E-state index is 0.107. The maximum absolute atomic E-state index is 13.4. The van der Waals surface area contributed by atoms with Crippen LogP contribution in [0.4, 0.5) is 4.39 Å². The number of rotatable bonds is 4. The van der Waals surface area contributed by atoms with Crippen LogP contribution in [0.25, 0.3) is 0 Å². The fourth-order valence-electron chi connectivity index (χ4n) is 3.40. The third-order valence-electron chi connectivity index (χ3n) is 4.65. The number of amides is 1. The molecule has 150 valence electrons. The number of benzene rings is 2. The summed E-state index contributed by atoms with van der Waals surface area (Å²) in [4.78, 5) is 14.6. The van der Waals surface area contributed by atoms with Gasteiger partial charge >= 0.3 is 0 Å². The van der Waals surface area contributed by atoms with E-state index in [1.807, 2.05) is 6.07 Å². The van der Waals surface area contributed by atoms with Crippen LogP contribution in [0.5, 0.6) is 0 Å². The predicted octanol–water partition coefficient (Wildman–Crippen LogP) is 3.53. The van der Waals surface area contributed by atoms with E-state index in [2.05, 4.69) is 4.72 Å². The average Bonchev–Trinajstić information content (AvgIpc) is 3.09. The van der Waals surface area contributed by atoms with Gasteiger partial charge in [-0.25, -0.2) is 17.5 Å². The van der Waals surface area contributed by atoms with Crippen LogP contribution in [-0.2, 0) is 10.0 Å². The first-order chi connectivity index (χ1) is 13.0. The number of carbonyl (C=O) groups is 1. The van der Waals surface area contributed by atoms with E-state index in [4.69, 9.17) is 0 Å². The van der Waals surface area contributed by atoms with Crippen LogP contribution >= 0.6 is 0 Å². The van der Waals surface area contributed by atoms with Crippen LogP contribution in [0.3, 0.4) is 0 Å². The lowest BCUT2D eigenvalue weighted by Gasteiger charge is -2.20. The lowest BCUT2D eigenvalue weighted by atomic mass is 9.98. The van der Waals surface area contributed by atoms with E-state index < -0.39 is 15.6 Å². The van der Waals surface area contributed by atoms with E-state index in [1.54, 1.807) is 31.7 Å². The van der Waals surface area contributed by atoms with E-state index >= 15 is 0 Å². The fraction of sp³-hybridized carbons (Fsp3) is 0.381. The van der Waals surface area contributed by atoms with E-state index in [-0.39, 0.29) is 22.5 Å². The van der Waals surface area contributed by atoms with Crippen LogP contribution in [0.1, 0.15) is 49.0 Å². The van der Waals surface area contributed by atoms with E-state index in [0.717, 1.165) is 12.0 Å². The van der Waals surface area contributed by atoms with E-state index in [0.29, 0.717) is 18.7 Å². The van der Waals surface area contributed by atoms with Crippen molar-refractivity contribution in [3.63, 3.8) is 0 Å². The number of halogens is 1. The summed E-state index contributed by atoms with van der Waals surface area (Å²) in [5, 5.41) is 0. The van der Waals surface area contributed by atoms with Gasteiger partial charge in [0.15, 0.2) is 0 Å². The summed E-state index contributed by atoms with van der Waals surface area (Å²) >= 11 is 0. The molecule has 0 aliphatic carbocycles. The molecule has 3 rings (SSSR count). The molecular formula is C21H25FN2O3S. The zero-order chi connectivity index (χ0) is 20.5. The van der Waals surface area contributed by atoms with Gasteiger partial charge in [-0.15, -0.1) is 0 Å². The highest BCUT2D eigenvalue weighted by molar-refractivity contribution is 7.89.